The highest BCUT2D eigenvalue weighted by molar-refractivity contribution is 5.83. The molecule has 0 radical (unpaired) electrons. The van der Waals surface area contributed by atoms with Gasteiger partial charge in [-0.15, -0.1) is 0 Å². The number of imidazole rings is 1. The third-order valence-corrected chi connectivity index (χ3v) is 5.92. The van der Waals surface area contributed by atoms with Crippen molar-refractivity contribution < 1.29 is 25.2 Å². The van der Waals surface area contributed by atoms with E-state index in [0.717, 1.165) is 5.56 Å². The van der Waals surface area contributed by atoms with E-state index in [0.29, 0.717) is 29.2 Å². The largest absolute Gasteiger partial charge is 0.394 e. The molecule has 4 rings (SSSR count). The lowest BCUT2D eigenvalue weighted by atomic mass is 10.1. The van der Waals surface area contributed by atoms with Crippen LogP contribution in [-0.2, 0) is 11.2 Å². The predicted octanol–water partition coefficient (Wildman–Crippen LogP) is -0.706. The van der Waals surface area contributed by atoms with Gasteiger partial charge in [-0.2, -0.15) is 0 Å². The second kappa shape index (κ2) is 9.79. The van der Waals surface area contributed by atoms with Crippen LogP contribution in [0.15, 0.2) is 36.7 Å². The Morgan fingerprint density at radius 2 is 1.94 bits per heavy atom. The second-order valence-electron chi connectivity index (χ2n) is 8.27. The van der Waals surface area contributed by atoms with Crippen molar-refractivity contribution in [3.63, 3.8) is 0 Å². The zero-order chi connectivity index (χ0) is 23.5. The van der Waals surface area contributed by atoms with Crippen LogP contribution < -0.4 is 10.6 Å². The molecule has 1 amide bonds. The van der Waals surface area contributed by atoms with Gasteiger partial charge in [0.2, 0.25) is 5.91 Å². The Kier molecular flexibility index (Phi) is 6.84. The summed E-state index contributed by atoms with van der Waals surface area (Å²) in [4.78, 5) is 24.9. The van der Waals surface area contributed by atoms with E-state index in [-0.39, 0.29) is 19.1 Å². The van der Waals surface area contributed by atoms with E-state index in [1.807, 2.05) is 30.3 Å². The Labute approximate surface area is 190 Å². The number of aliphatic hydroxyl groups excluding tert-OH is 4. The number of nitrogens with zero attached hydrogens (tertiary/aromatic N) is 4. The van der Waals surface area contributed by atoms with Gasteiger partial charge in [-0.05, 0) is 25.3 Å². The van der Waals surface area contributed by atoms with E-state index >= 15 is 0 Å². The fourth-order valence-corrected chi connectivity index (χ4v) is 4.30. The van der Waals surface area contributed by atoms with Gasteiger partial charge >= 0.3 is 0 Å². The maximum Gasteiger partial charge on any atom is 0.246 e. The molecule has 0 aliphatic heterocycles. The molecule has 33 heavy (non-hydrogen) atoms. The van der Waals surface area contributed by atoms with E-state index in [1.165, 1.54) is 6.33 Å². The number of carbonyl (C=O) groups excluding carboxylic acids is 1. The number of fused-ring (bicyclic) bond motifs is 1. The molecule has 3 aromatic rings. The number of hydrogen-bond donors (Lipinski definition) is 6. The van der Waals surface area contributed by atoms with Crippen LogP contribution >= 0.6 is 0 Å². The van der Waals surface area contributed by atoms with Gasteiger partial charge in [0.15, 0.2) is 11.5 Å². The standard InChI is InChI=1S/C22H28N6O5/c1-12-24-21(26-14(9-29)7-13-5-3-2-4-6-13)18-22(25-12)28(11-23-18)16-8-15(19(32)20(16)33)27-17(31)10-30/h2-6,11,14-16,19-20,29-30,32-33H,7-10H2,1H3,(H,27,31)(H,24,25,26)/t14-,15-,16+,19+,20-/m0/s1. The van der Waals surface area contributed by atoms with Gasteiger partial charge < -0.3 is 35.6 Å². The molecule has 0 bridgehead atoms. The lowest BCUT2D eigenvalue weighted by molar-refractivity contribution is -0.125. The molecule has 2 heterocycles. The number of aromatic nitrogens is 4. The first-order valence-electron chi connectivity index (χ1n) is 10.8. The molecule has 176 valence electrons. The molecule has 11 nitrogen and oxygen atoms in total. The Morgan fingerprint density at radius 1 is 1.18 bits per heavy atom. The number of hydrogen-bond acceptors (Lipinski definition) is 9. The Hall–Kier alpha value is -3.12. The predicted molar refractivity (Wildman–Crippen MR) is 119 cm³/mol. The number of amides is 1. The molecule has 1 saturated carbocycles. The van der Waals surface area contributed by atoms with E-state index in [4.69, 9.17) is 5.11 Å². The van der Waals surface area contributed by atoms with Crippen molar-refractivity contribution in [2.45, 2.75) is 50.1 Å². The second-order valence-corrected chi connectivity index (χ2v) is 8.27. The number of nitrogens with one attached hydrogen (secondary N) is 2. The van der Waals surface area contributed by atoms with Crippen molar-refractivity contribution in [3.05, 3.63) is 48.0 Å². The van der Waals surface area contributed by atoms with Crippen LogP contribution in [0.1, 0.15) is 23.9 Å². The van der Waals surface area contributed by atoms with Gasteiger partial charge in [-0.1, -0.05) is 30.3 Å². The highest BCUT2D eigenvalue weighted by atomic mass is 16.3. The van der Waals surface area contributed by atoms with E-state index in [2.05, 4.69) is 25.6 Å². The highest BCUT2D eigenvalue weighted by Crippen LogP contribution is 2.34. The first-order valence-corrected chi connectivity index (χ1v) is 10.8. The molecule has 0 spiro atoms. The molecule has 11 heteroatoms. The molecule has 5 atom stereocenters. The molecule has 1 fully saturated rings. The maximum absolute atomic E-state index is 11.6. The summed E-state index contributed by atoms with van der Waals surface area (Å²) >= 11 is 0. The molecular formula is C22H28N6O5. The summed E-state index contributed by atoms with van der Waals surface area (Å²) in [7, 11) is 0. The molecule has 0 unspecified atom stereocenters. The quantitative estimate of drug-likeness (QED) is 0.257. The number of aryl methyl sites for hydroxylation is 1. The summed E-state index contributed by atoms with van der Waals surface area (Å²) in [5.41, 5.74) is 2.00. The summed E-state index contributed by atoms with van der Waals surface area (Å²) in [6, 6.07) is 8.18. The van der Waals surface area contributed by atoms with Crippen LogP contribution in [0.5, 0.6) is 0 Å². The summed E-state index contributed by atoms with van der Waals surface area (Å²) < 4.78 is 1.67. The van der Waals surface area contributed by atoms with E-state index < -0.39 is 36.8 Å². The SMILES string of the molecule is Cc1nc(N[C@H](CO)Cc2ccccc2)c2ncn([C@@H]3C[C@H](NC(=O)CO)[C@@H](O)[C@H]3O)c2n1. The molecule has 2 aromatic heterocycles. The Bertz CT molecular complexity index is 1110. The molecule has 6 N–H and O–H groups in total. The zero-order valence-electron chi connectivity index (χ0n) is 18.2. The van der Waals surface area contributed by atoms with Crippen molar-refractivity contribution in [2.24, 2.45) is 0 Å². The van der Waals surface area contributed by atoms with Crippen LogP contribution in [0.3, 0.4) is 0 Å². The van der Waals surface area contributed by atoms with Crippen LogP contribution in [0, 0.1) is 6.92 Å². The minimum Gasteiger partial charge on any atom is -0.394 e. The Balaban J connectivity index is 1.60. The molecular weight excluding hydrogens is 428 g/mol. The van der Waals surface area contributed by atoms with Gasteiger partial charge in [0.1, 0.15) is 30.2 Å². The summed E-state index contributed by atoms with van der Waals surface area (Å²) in [6.07, 6.45) is -0.0260. The fraction of sp³-hybridized carbons (Fsp3) is 0.455. The van der Waals surface area contributed by atoms with E-state index in [9.17, 15) is 20.1 Å². The Morgan fingerprint density at radius 3 is 2.64 bits per heavy atom. The number of anilines is 1. The normalized spacial score (nSPS) is 23.5. The smallest absolute Gasteiger partial charge is 0.246 e. The number of aliphatic hydroxyl groups is 4. The lowest BCUT2D eigenvalue weighted by Gasteiger charge is -2.19. The van der Waals surface area contributed by atoms with Gasteiger partial charge in [-0.3, -0.25) is 4.79 Å². The monoisotopic (exact) mass is 456 g/mol. The van der Waals surface area contributed by atoms with Gasteiger partial charge in [0.25, 0.3) is 0 Å². The van der Waals surface area contributed by atoms with Crippen LogP contribution in [0.2, 0.25) is 0 Å². The van der Waals surface area contributed by atoms with Crippen LogP contribution in [0.25, 0.3) is 11.2 Å². The first kappa shape index (κ1) is 23.1. The van der Waals surface area contributed by atoms with Gasteiger partial charge in [-0.25, -0.2) is 15.0 Å². The first-order chi connectivity index (χ1) is 15.9. The fourth-order valence-electron chi connectivity index (χ4n) is 4.30. The highest BCUT2D eigenvalue weighted by Gasteiger charge is 2.43. The average Bonchev–Trinajstić information content (AvgIpc) is 3.35. The van der Waals surface area contributed by atoms with Crippen LogP contribution in [-0.4, -0.2) is 83.4 Å². The molecule has 1 aliphatic carbocycles. The summed E-state index contributed by atoms with van der Waals surface area (Å²) in [6.45, 7) is 0.922. The summed E-state index contributed by atoms with van der Waals surface area (Å²) in [5.74, 6) is 0.311. The van der Waals surface area contributed by atoms with Gasteiger partial charge in [0, 0.05) is 0 Å². The van der Waals surface area contributed by atoms with Crippen molar-refractivity contribution in [2.75, 3.05) is 18.5 Å². The zero-order valence-corrected chi connectivity index (χ0v) is 18.2. The minimum absolute atomic E-state index is 0.111. The third-order valence-electron chi connectivity index (χ3n) is 5.92. The van der Waals surface area contributed by atoms with Crippen molar-refractivity contribution in [1.29, 1.82) is 0 Å². The van der Waals surface area contributed by atoms with E-state index in [1.54, 1.807) is 11.5 Å². The molecule has 0 saturated heterocycles. The number of rotatable bonds is 8. The third kappa shape index (κ3) is 4.81. The topological polar surface area (TPSA) is 166 Å². The average molecular weight is 457 g/mol. The summed E-state index contributed by atoms with van der Waals surface area (Å²) in [5, 5.41) is 45.7. The van der Waals surface area contributed by atoms with Crippen LogP contribution in [0.4, 0.5) is 5.82 Å². The van der Waals surface area contributed by atoms with Crippen molar-refractivity contribution in [1.82, 2.24) is 24.8 Å². The van der Waals surface area contributed by atoms with Gasteiger partial charge in [0.05, 0.1) is 31.1 Å². The molecule has 1 aromatic carbocycles. The number of benzene rings is 1. The minimum atomic E-state index is -1.20. The maximum atomic E-state index is 11.6. The van der Waals surface area contributed by atoms with Crippen molar-refractivity contribution in [3.8, 4) is 0 Å². The lowest BCUT2D eigenvalue weighted by Crippen LogP contribution is -2.44. The van der Waals surface area contributed by atoms with Crippen molar-refractivity contribution >= 4 is 22.9 Å². The molecule has 1 aliphatic rings. The number of carbonyl (C=O) groups is 1.